The minimum absolute atomic E-state index is 0.296. The Hall–Kier alpha value is -2.96. The second-order valence-electron chi connectivity index (χ2n) is 9.38. The average Bonchev–Trinajstić information content (AvgIpc) is 2.82. The van der Waals surface area contributed by atoms with E-state index in [2.05, 4.69) is 27.8 Å². The number of unbranched alkanes of at least 4 members (excludes halogenated alkanes) is 4. The Morgan fingerprint density at radius 1 is 1.15 bits per heavy atom. The molecule has 178 valence electrons. The van der Waals surface area contributed by atoms with Gasteiger partial charge in [-0.2, -0.15) is 0 Å². The van der Waals surface area contributed by atoms with Crippen LogP contribution in [0.5, 0.6) is 0 Å². The normalized spacial score (nSPS) is 14.1. The number of amides is 1. The number of carboxylic acid groups (broad SMARTS) is 1. The second-order valence-corrected chi connectivity index (χ2v) is 9.38. The van der Waals surface area contributed by atoms with E-state index >= 15 is 0 Å². The third kappa shape index (κ3) is 7.01. The predicted octanol–water partition coefficient (Wildman–Crippen LogP) is 4.27. The van der Waals surface area contributed by atoms with E-state index in [4.69, 9.17) is 4.98 Å². The molecule has 2 aromatic heterocycles. The lowest BCUT2D eigenvalue weighted by Crippen LogP contribution is -2.48. The van der Waals surface area contributed by atoms with Crippen LogP contribution in [0, 0.1) is 0 Å². The van der Waals surface area contributed by atoms with Gasteiger partial charge < -0.3 is 15.7 Å². The molecule has 0 radical (unpaired) electrons. The summed E-state index contributed by atoms with van der Waals surface area (Å²) in [7, 11) is 0. The molecule has 0 bridgehead atoms. The van der Waals surface area contributed by atoms with Crippen molar-refractivity contribution < 1.29 is 14.7 Å². The lowest BCUT2D eigenvalue weighted by atomic mass is 9.84. The van der Waals surface area contributed by atoms with E-state index in [-0.39, 0.29) is 5.91 Å². The van der Waals surface area contributed by atoms with Crippen LogP contribution in [-0.2, 0) is 27.8 Å². The van der Waals surface area contributed by atoms with Gasteiger partial charge in [0.25, 0.3) is 0 Å². The summed E-state index contributed by atoms with van der Waals surface area (Å²) < 4.78 is 0. The molecule has 1 amide bonds. The van der Waals surface area contributed by atoms with Gasteiger partial charge in [-0.3, -0.25) is 9.78 Å². The van der Waals surface area contributed by atoms with Gasteiger partial charge in [0.2, 0.25) is 5.91 Å². The number of anilines is 1. The lowest BCUT2D eigenvalue weighted by Gasteiger charge is -2.26. The number of rotatable bonds is 12. The molecule has 0 aliphatic carbocycles. The van der Waals surface area contributed by atoms with Gasteiger partial charge in [-0.05, 0) is 69.2 Å². The van der Waals surface area contributed by atoms with Crippen LogP contribution < -0.4 is 10.6 Å². The highest BCUT2D eigenvalue weighted by atomic mass is 16.4. The number of carboxylic acids is 1. The SMILES string of the molecule is CC(C)(C(=O)N[C@@H](CCCCCCCc1ccc2c(n1)NCCC2)C(=O)O)c1cccnc1. The number of carbonyl (C=O) groups is 2. The summed E-state index contributed by atoms with van der Waals surface area (Å²) in [5.41, 5.74) is 2.36. The summed E-state index contributed by atoms with van der Waals surface area (Å²) in [4.78, 5) is 33.3. The van der Waals surface area contributed by atoms with Gasteiger partial charge in [-0.15, -0.1) is 0 Å². The quantitative estimate of drug-likeness (QED) is 0.416. The lowest BCUT2D eigenvalue weighted by molar-refractivity contribution is -0.142. The van der Waals surface area contributed by atoms with Gasteiger partial charge in [0, 0.05) is 24.6 Å². The molecule has 0 saturated heterocycles. The third-order valence-electron chi connectivity index (χ3n) is 6.43. The molecule has 7 nitrogen and oxygen atoms in total. The van der Waals surface area contributed by atoms with Crippen LogP contribution in [0.25, 0.3) is 0 Å². The van der Waals surface area contributed by atoms with Crippen molar-refractivity contribution in [2.75, 3.05) is 11.9 Å². The van der Waals surface area contributed by atoms with Gasteiger partial charge in [0.05, 0.1) is 5.41 Å². The summed E-state index contributed by atoms with van der Waals surface area (Å²) in [6, 6.07) is 7.06. The standard InChI is InChI=1S/C26H36N4O3/c1-26(2,20-11-9-16-27-18-20)25(33)30-22(24(31)32)13-7-5-3-4-6-12-21-15-14-19-10-8-17-28-23(19)29-21/h9,11,14-16,18,22H,3-8,10,12-13,17H2,1-2H3,(H,28,29)(H,30,33)(H,31,32)/t22-/m0/s1. The number of aromatic nitrogens is 2. The Morgan fingerprint density at radius 2 is 1.94 bits per heavy atom. The molecule has 7 heteroatoms. The predicted molar refractivity (Wildman–Crippen MR) is 129 cm³/mol. The maximum absolute atomic E-state index is 12.8. The minimum atomic E-state index is -0.988. The first-order chi connectivity index (χ1) is 15.9. The molecule has 0 unspecified atom stereocenters. The Labute approximate surface area is 196 Å². The molecule has 0 aromatic carbocycles. The van der Waals surface area contributed by atoms with Crippen LogP contribution in [0.2, 0.25) is 0 Å². The van der Waals surface area contributed by atoms with E-state index < -0.39 is 17.4 Å². The van der Waals surface area contributed by atoms with E-state index in [1.807, 2.05) is 6.07 Å². The summed E-state index contributed by atoms with van der Waals surface area (Å²) in [6.07, 6.45) is 11.9. The molecule has 2 aromatic rings. The monoisotopic (exact) mass is 452 g/mol. The zero-order valence-corrected chi connectivity index (χ0v) is 19.8. The number of aryl methyl sites for hydroxylation is 2. The van der Waals surface area contributed by atoms with Crippen LogP contribution >= 0.6 is 0 Å². The van der Waals surface area contributed by atoms with Crippen molar-refractivity contribution in [3.63, 3.8) is 0 Å². The van der Waals surface area contributed by atoms with Gasteiger partial charge >= 0.3 is 5.97 Å². The van der Waals surface area contributed by atoms with E-state index in [1.165, 1.54) is 12.0 Å². The molecular formula is C26H36N4O3. The van der Waals surface area contributed by atoms with Crippen LogP contribution in [-0.4, -0.2) is 39.5 Å². The molecule has 1 aliphatic heterocycles. The number of hydrogen-bond acceptors (Lipinski definition) is 5. The number of nitrogens with zero attached hydrogens (tertiary/aromatic N) is 2. The third-order valence-corrected chi connectivity index (χ3v) is 6.43. The van der Waals surface area contributed by atoms with Crippen molar-refractivity contribution in [2.24, 2.45) is 0 Å². The zero-order chi connectivity index (χ0) is 23.7. The summed E-state index contributed by atoms with van der Waals surface area (Å²) in [5.74, 6) is -0.236. The van der Waals surface area contributed by atoms with Crippen molar-refractivity contribution in [1.29, 1.82) is 0 Å². The number of nitrogens with one attached hydrogen (secondary N) is 2. The zero-order valence-electron chi connectivity index (χ0n) is 19.8. The van der Waals surface area contributed by atoms with Crippen LogP contribution in [0.4, 0.5) is 5.82 Å². The topological polar surface area (TPSA) is 104 Å². The molecule has 3 N–H and O–H groups in total. The smallest absolute Gasteiger partial charge is 0.326 e. The first kappa shape index (κ1) is 24.7. The van der Waals surface area contributed by atoms with Crippen molar-refractivity contribution in [3.8, 4) is 0 Å². The van der Waals surface area contributed by atoms with Gasteiger partial charge in [-0.25, -0.2) is 9.78 Å². The van der Waals surface area contributed by atoms with E-state index in [0.717, 1.165) is 68.6 Å². The highest BCUT2D eigenvalue weighted by Crippen LogP contribution is 2.23. The van der Waals surface area contributed by atoms with E-state index in [0.29, 0.717) is 6.42 Å². The number of aliphatic carboxylic acids is 1. The molecule has 0 spiro atoms. The number of pyridine rings is 2. The number of carbonyl (C=O) groups excluding carboxylic acids is 1. The van der Waals surface area contributed by atoms with E-state index in [9.17, 15) is 14.7 Å². The molecule has 0 fully saturated rings. The molecule has 0 saturated carbocycles. The molecule has 33 heavy (non-hydrogen) atoms. The van der Waals surface area contributed by atoms with Crippen molar-refractivity contribution >= 4 is 17.7 Å². The Morgan fingerprint density at radius 3 is 2.70 bits per heavy atom. The fourth-order valence-electron chi connectivity index (χ4n) is 4.15. The van der Waals surface area contributed by atoms with Crippen molar-refractivity contribution in [2.45, 2.75) is 83.1 Å². The Bertz CT molecular complexity index is 930. The maximum atomic E-state index is 12.8. The summed E-state index contributed by atoms with van der Waals surface area (Å²) in [5, 5.41) is 15.7. The Balaban J connectivity index is 1.36. The Kier molecular flexibility index (Phi) is 8.80. The average molecular weight is 453 g/mol. The fourth-order valence-corrected chi connectivity index (χ4v) is 4.15. The van der Waals surface area contributed by atoms with Gasteiger partial charge in [0.1, 0.15) is 11.9 Å². The molecular weight excluding hydrogens is 416 g/mol. The van der Waals surface area contributed by atoms with Crippen molar-refractivity contribution in [1.82, 2.24) is 15.3 Å². The van der Waals surface area contributed by atoms with Crippen LogP contribution in [0.3, 0.4) is 0 Å². The van der Waals surface area contributed by atoms with E-state index in [1.54, 1.807) is 32.3 Å². The molecule has 3 heterocycles. The van der Waals surface area contributed by atoms with Gasteiger partial charge in [0.15, 0.2) is 0 Å². The van der Waals surface area contributed by atoms with Crippen LogP contribution in [0.1, 0.15) is 75.6 Å². The number of fused-ring (bicyclic) bond motifs is 1. The maximum Gasteiger partial charge on any atom is 0.326 e. The summed E-state index contributed by atoms with van der Waals surface area (Å²) in [6.45, 7) is 4.57. The molecule has 1 aliphatic rings. The van der Waals surface area contributed by atoms with Crippen molar-refractivity contribution in [3.05, 3.63) is 53.5 Å². The largest absolute Gasteiger partial charge is 0.480 e. The first-order valence-corrected chi connectivity index (χ1v) is 12.0. The summed E-state index contributed by atoms with van der Waals surface area (Å²) >= 11 is 0. The highest BCUT2D eigenvalue weighted by Gasteiger charge is 2.33. The molecule has 3 rings (SSSR count). The fraction of sp³-hybridized carbons (Fsp3) is 0.538. The van der Waals surface area contributed by atoms with Gasteiger partial charge in [-0.1, -0.05) is 37.8 Å². The highest BCUT2D eigenvalue weighted by molar-refractivity contribution is 5.90. The van der Waals surface area contributed by atoms with Crippen LogP contribution in [0.15, 0.2) is 36.7 Å². The number of hydrogen-bond donors (Lipinski definition) is 3. The first-order valence-electron chi connectivity index (χ1n) is 12.0. The minimum Gasteiger partial charge on any atom is -0.480 e. The second kappa shape index (κ2) is 11.8. The molecule has 1 atom stereocenters.